The normalized spacial score (nSPS) is 31.3. The minimum atomic E-state index is 0.770. The van der Waals surface area contributed by atoms with Gasteiger partial charge in [0.1, 0.15) is 0 Å². The fourth-order valence-corrected chi connectivity index (χ4v) is 4.00. The topological polar surface area (TPSA) is 15.3 Å². The molecule has 0 aromatic carbocycles. The highest BCUT2D eigenvalue weighted by molar-refractivity contribution is 5.03. The molecule has 0 amide bonds. The van der Waals surface area contributed by atoms with Crippen LogP contribution in [0.5, 0.6) is 0 Å². The van der Waals surface area contributed by atoms with Gasteiger partial charge in [0.25, 0.3) is 0 Å². The molecule has 0 unspecified atom stereocenters. The molecular formula is C14H26N2. The van der Waals surface area contributed by atoms with Crippen molar-refractivity contribution in [2.24, 2.45) is 17.3 Å². The van der Waals surface area contributed by atoms with Gasteiger partial charge in [-0.05, 0) is 56.0 Å². The highest BCUT2D eigenvalue weighted by Gasteiger charge is 2.48. The molecule has 0 atom stereocenters. The summed E-state index contributed by atoms with van der Waals surface area (Å²) in [6.45, 7) is 9.11. The summed E-state index contributed by atoms with van der Waals surface area (Å²) < 4.78 is 0. The number of piperidine rings is 1. The average molecular weight is 222 g/mol. The molecule has 0 bridgehead atoms. The van der Waals surface area contributed by atoms with Gasteiger partial charge in [0.15, 0.2) is 0 Å². The van der Waals surface area contributed by atoms with E-state index in [1.807, 2.05) is 0 Å². The molecule has 2 heteroatoms. The molecule has 2 saturated heterocycles. The Balaban J connectivity index is 1.37. The monoisotopic (exact) mass is 222 g/mol. The van der Waals surface area contributed by atoms with E-state index in [9.17, 15) is 0 Å². The molecule has 0 aromatic rings. The van der Waals surface area contributed by atoms with E-state index in [0.29, 0.717) is 0 Å². The second-order valence-electron chi connectivity index (χ2n) is 6.53. The molecule has 1 aliphatic carbocycles. The Morgan fingerprint density at radius 3 is 2.31 bits per heavy atom. The minimum absolute atomic E-state index is 0.770. The largest absolute Gasteiger partial charge is 0.316 e. The first-order valence-electron chi connectivity index (χ1n) is 7.23. The molecular weight excluding hydrogens is 196 g/mol. The van der Waals surface area contributed by atoms with E-state index in [-0.39, 0.29) is 0 Å². The molecule has 3 fully saturated rings. The van der Waals surface area contributed by atoms with Crippen molar-refractivity contribution in [1.29, 1.82) is 0 Å². The fraction of sp³-hybridized carbons (Fsp3) is 1.00. The zero-order valence-electron chi connectivity index (χ0n) is 10.7. The van der Waals surface area contributed by atoms with Crippen LogP contribution >= 0.6 is 0 Å². The van der Waals surface area contributed by atoms with Crippen LogP contribution in [0.25, 0.3) is 0 Å². The summed E-state index contributed by atoms with van der Waals surface area (Å²) >= 11 is 0. The summed E-state index contributed by atoms with van der Waals surface area (Å²) in [5.74, 6) is 2.06. The molecule has 16 heavy (non-hydrogen) atoms. The second-order valence-corrected chi connectivity index (χ2v) is 6.53. The third-order valence-electron chi connectivity index (χ3n) is 5.24. The average Bonchev–Trinajstić information content (AvgIpc) is 2.21. The summed E-state index contributed by atoms with van der Waals surface area (Å²) in [6.07, 6.45) is 7.32. The standard InChI is InChI=1S/C14H26N2/c1-2-12-3-5-16(6-4-12)9-13-7-14(8-13)10-15-11-14/h12-13,15H,2-11H2,1H3. The molecule has 0 radical (unpaired) electrons. The van der Waals surface area contributed by atoms with E-state index in [1.54, 1.807) is 0 Å². The van der Waals surface area contributed by atoms with Gasteiger partial charge in [0, 0.05) is 19.6 Å². The van der Waals surface area contributed by atoms with Gasteiger partial charge in [0.05, 0.1) is 0 Å². The van der Waals surface area contributed by atoms with Crippen molar-refractivity contribution in [3.63, 3.8) is 0 Å². The van der Waals surface area contributed by atoms with Crippen LogP contribution in [0, 0.1) is 17.3 Å². The molecule has 2 nitrogen and oxygen atoms in total. The summed E-state index contributed by atoms with van der Waals surface area (Å²) in [5.41, 5.74) is 0.770. The zero-order chi connectivity index (χ0) is 11.0. The first-order chi connectivity index (χ1) is 7.80. The number of nitrogens with zero attached hydrogens (tertiary/aromatic N) is 1. The lowest BCUT2D eigenvalue weighted by molar-refractivity contribution is -0.0197. The van der Waals surface area contributed by atoms with Gasteiger partial charge in [-0.3, -0.25) is 0 Å². The van der Waals surface area contributed by atoms with Crippen molar-refractivity contribution < 1.29 is 0 Å². The Bertz CT molecular complexity index is 231. The summed E-state index contributed by atoms with van der Waals surface area (Å²) in [5, 5.41) is 3.43. The number of hydrogen-bond acceptors (Lipinski definition) is 2. The Morgan fingerprint density at radius 2 is 1.81 bits per heavy atom. The Kier molecular flexibility index (Phi) is 2.97. The van der Waals surface area contributed by atoms with E-state index in [1.165, 1.54) is 64.8 Å². The number of rotatable bonds is 3. The van der Waals surface area contributed by atoms with Gasteiger partial charge < -0.3 is 10.2 Å². The van der Waals surface area contributed by atoms with Crippen LogP contribution in [0.1, 0.15) is 39.0 Å². The lowest BCUT2D eigenvalue weighted by Gasteiger charge is -2.55. The molecule has 2 aliphatic heterocycles. The molecule has 2 heterocycles. The van der Waals surface area contributed by atoms with Crippen molar-refractivity contribution in [1.82, 2.24) is 10.2 Å². The molecule has 92 valence electrons. The van der Waals surface area contributed by atoms with Crippen LogP contribution in [0.3, 0.4) is 0 Å². The van der Waals surface area contributed by atoms with Crippen LogP contribution in [0.4, 0.5) is 0 Å². The van der Waals surface area contributed by atoms with Crippen molar-refractivity contribution in [3.05, 3.63) is 0 Å². The predicted molar refractivity (Wildman–Crippen MR) is 67.5 cm³/mol. The predicted octanol–water partition coefficient (Wildman–Crippen LogP) is 2.11. The maximum Gasteiger partial charge on any atom is 0.00204 e. The number of hydrogen-bond donors (Lipinski definition) is 1. The van der Waals surface area contributed by atoms with Crippen LogP contribution < -0.4 is 5.32 Å². The molecule has 3 rings (SSSR count). The lowest BCUT2D eigenvalue weighted by atomic mass is 9.58. The smallest absolute Gasteiger partial charge is 0.00204 e. The molecule has 1 spiro atoms. The fourth-order valence-electron chi connectivity index (χ4n) is 4.00. The van der Waals surface area contributed by atoms with Gasteiger partial charge in [0.2, 0.25) is 0 Å². The first-order valence-corrected chi connectivity index (χ1v) is 7.23. The quantitative estimate of drug-likeness (QED) is 0.787. The van der Waals surface area contributed by atoms with E-state index < -0.39 is 0 Å². The molecule has 1 saturated carbocycles. The van der Waals surface area contributed by atoms with E-state index in [2.05, 4.69) is 17.1 Å². The van der Waals surface area contributed by atoms with Gasteiger partial charge >= 0.3 is 0 Å². The van der Waals surface area contributed by atoms with E-state index in [0.717, 1.165) is 17.3 Å². The van der Waals surface area contributed by atoms with Gasteiger partial charge in [-0.1, -0.05) is 13.3 Å². The third-order valence-corrected chi connectivity index (χ3v) is 5.24. The Morgan fingerprint density at radius 1 is 1.12 bits per heavy atom. The van der Waals surface area contributed by atoms with Crippen LogP contribution in [0.2, 0.25) is 0 Å². The minimum Gasteiger partial charge on any atom is -0.316 e. The highest BCUT2D eigenvalue weighted by Crippen LogP contribution is 2.48. The molecule has 0 aromatic heterocycles. The lowest BCUT2D eigenvalue weighted by Crippen LogP contribution is -2.61. The van der Waals surface area contributed by atoms with E-state index >= 15 is 0 Å². The Labute approximate surface area is 99.8 Å². The van der Waals surface area contributed by atoms with Crippen LogP contribution in [-0.4, -0.2) is 37.6 Å². The first kappa shape index (κ1) is 11.0. The molecule has 1 N–H and O–H groups in total. The van der Waals surface area contributed by atoms with Crippen LogP contribution in [0.15, 0.2) is 0 Å². The molecule has 3 aliphatic rings. The van der Waals surface area contributed by atoms with Gasteiger partial charge in [-0.25, -0.2) is 0 Å². The number of likely N-dealkylation sites (tertiary alicyclic amines) is 1. The SMILES string of the molecule is CCC1CCN(CC2CC3(CNC3)C2)CC1. The maximum atomic E-state index is 3.43. The maximum absolute atomic E-state index is 3.43. The van der Waals surface area contributed by atoms with Gasteiger partial charge in [-0.2, -0.15) is 0 Å². The van der Waals surface area contributed by atoms with Crippen molar-refractivity contribution in [2.45, 2.75) is 39.0 Å². The van der Waals surface area contributed by atoms with Crippen molar-refractivity contribution in [3.8, 4) is 0 Å². The Hall–Kier alpha value is -0.0800. The second kappa shape index (κ2) is 4.30. The zero-order valence-corrected chi connectivity index (χ0v) is 10.7. The highest BCUT2D eigenvalue weighted by atomic mass is 15.1. The van der Waals surface area contributed by atoms with E-state index in [4.69, 9.17) is 0 Å². The van der Waals surface area contributed by atoms with Crippen molar-refractivity contribution >= 4 is 0 Å². The number of nitrogens with one attached hydrogen (secondary N) is 1. The van der Waals surface area contributed by atoms with Crippen LogP contribution in [-0.2, 0) is 0 Å². The third kappa shape index (κ3) is 2.02. The summed E-state index contributed by atoms with van der Waals surface area (Å²) in [4.78, 5) is 2.73. The van der Waals surface area contributed by atoms with Crippen molar-refractivity contribution in [2.75, 3.05) is 32.7 Å². The summed E-state index contributed by atoms with van der Waals surface area (Å²) in [6, 6.07) is 0. The van der Waals surface area contributed by atoms with Gasteiger partial charge in [-0.15, -0.1) is 0 Å². The summed E-state index contributed by atoms with van der Waals surface area (Å²) in [7, 11) is 0.